The third kappa shape index (κ3) is 4.58. The van der Waals surface area contributed by atoms with E-state index in [1.54, 1.807) is 24.3 Å². The molecule has 1 amide bonds. The van der Waals surface area contributed by atoms with Crippen molar-refractivity contribution in [1.82, 2.24) is 15.1 Å². The number of halogens is 1. The van der Waals surface area contributed by atoms with Crippen LogP contribution < -0.4 is 10.2 Å². The van der Waals surface area contributed by atoms with Gasteiger partial charge in [0.1, 0.15) is 0 Å². The summed E-state index contributed by atoms with van der Waals surface area (Å²) in [6, 6.07) is 14.0. The fourth-order valence-corrected chi connectivity index (χ4v) is 4.40. The highest BCUT2D eigenvalue weighted by Gasteiger charge is 2.26. The van der Waals surface area contributed by atoms with Crippen LogP contribution in [0.1, 0.15) is 27.5 Å². The number of carbonyl (C=O) groups excluding carboxylic acids is 1. The van der Waals surface area contributed by atoms with Gasteiger partial charge in [0.15, 0.2) is 0 Å². The zero-order chi connectivity index (χ0) is 20.4. The number of likely N-dealkylation sites (N-methyl/N-ethyl adjacent to an activating group) is 2. The number of carbonyl (C=O) groups is 1. The topological polar surface area (TPSA) is 38.8 Å². The Morgan fingerprint density at radius 2 is 1.76 bits per heavy atom. The molecule has 0 aliphatic carbocycles. The molecular weight excluding hydrogens is 384 g/mol. The van der Waals surface area contributed by atoms with E-state index in [-0.39, 0.29) is 11.9 Å². The minimum atomic E-state index is -0.0540. The SMILES string of the molecule is CN1CCN([C@@H](CNC(=O)c2ccc(Cl)cc2)c2ccc3c(c2)CCN3C)CC1. The predicted molar refractivity (Wildman–Crippen MR) is 119 cm³/mol. The second-order valence-electron chi connectivity index (χ2n) is 8.13. The molecule has 1 N–H and O–H groups in total. The maximum Gasteiger partial charge on any atom is 0.251 e. The lowest BCUT2D eigenvalue weighted by atomic mass is 10.00. The lowest BCUT2D eigenvalue weighted by molar-refractivity contribution is 0.0886. The number of anilines is 1. The second kappa shape index (κ2) is 8.74. The Kier molecular flexibility index (Phi) is 6.09. The average Bonchev–Trinajstić information content (AvgIpc) is 3.10. The van der Waals surface area contributed by atoms with Gasteiger partial charge in [-0.3, -0.25) is 9.69 Å². The Hall–Kier alpha value is -2.08. The summed E-state index contributed by atoms with van der Waals surface area (Å²) in [5, 5.41) is 3.79. The number of fused-ring (bicyclic) bond motifs is 1. The summed E-state index contributed by atoms with van der Waals surface area (Å²) in [4.78, 5) is 19.8. The number of benzene rings is 2. The number of nitrogens with one attached hydrogen (secondary N) is 1. The summed E-state index contributed by atoms with van der Waals surface area (Å²) in [6.07, 6.45) is 1.09. The van der Waals surface area contributed by atoms with Gasteiger partial charge in [-0.05, 0) is 54.9 Å². The summed E-state index contributed by atoms with van der Waals surface area (Å²) in [5.41, 5.74) is 4.67. The van der Waals surface area contributed by atoms with Crippen LogP contribution in [0.3, 0.4) is 0 Å². The molecule has 2 aromatic carbocycles. The standard InChI is InChI=1S/C23H29ClN4O/c1-26-11-13-28(14-12-26)22(16-25-23(29)17-3-6-20(24)7-4-17)18-5-8-21-19(15-18)9-10-27(21)2/h3-8,15,22H,9-14,16H2,1-2H3,(H,25,29)/t22-/m0/s1. The Morgan fingerprint density at radius 3 is 2.48 bits per heavy atom. The van der Waals surface area contributed by atoms with Crippen LogP contribution in [0.15, 0.2) is 42.5 Å². The van der Waals surface area contributed by atoms with Crippen LogP contribution in [0.2, 0.25) is 5.02 Å². The molecule has 6 heteroatoms. The van der Waals surface area contributed by atoms with Crippen molar-refractivity contribution in [3.63, 3.8) is 0 Å². The highest BCUT2D eigenvalue weighted by molar-refractivity contribution is 6.30. The summed E-state index contributed by atoms with van der Waals surface area (Å²) in [7, 11) is 4.32. The second-order valence-corrected chi connectivity index (χ2v) is 8.57. The van der Waals surface area contributed by atoms with Crippen molar-refractivity contribution in [2.45, 2.75) is 12.5 Å². The first-order valence-electron chi connectivity index (χ1n) is 10.3. The van der Waals surface area contributed by atoms with Crippen molar-refractivity contribution >= 4 is 23.2 Å². The number of rotatable bonds is 5. The first-order valence-corrected chi connectivity index (χ1v) is 10.7. The number of hydrogen-bond acceptors (Lipinski definition) is 4. The maximum absolute atomic E-state index is 12.7. The number of amides is 1. The van der Waals surface area contributed by atoms with Gasteiger partial charge in [0.05, 0.1) is 6.04 Å². The molecule has 0 spiro atoms. The summed E-state index contributed by atoms with van der Waals surface area (Å²) in [5.74, 6) is -0.0540. The minimum Gasteiger partial charge on any atom is -0.374 e. The molecular formula is C23H29ClN4O. The molecule has 4 rings (SSSR count). The third-order valence-electron chi connectivity index (χ3n) is 6.16. The van der Waals surface area contributed by atoms with Gasteiger partial charge in [0.2, 0.25) is 0 Å². The Bertz CT molecular complexity index is 862. The number of hydrogen-bond donors (Lipinski definition) is 1. The fourth-order valence-electron chi connectivity index (χ4n) is 4.28. The van der Waals surface area contributed by atoms with Gasteiger partial charge in [-0.1, -0.05) is 23.7 Å². The number of piperazine rings is 1. The van der Waals surface area contributed by atoms with Crippen LogP contribution in [0.25, 0.3) is 0 Å². The molecule has 1 fully saturated rings. The lowest BCUT2D eigenvalue weighted by Crippen LogP contribution is -2.48. The van der Waals surface area contributed by atoms with Gasteiger partial charge < -0.3 is 15.1 Å². The van der Waals surface area contributed by atoms with Gasteiger partial charge in [-0.25, -0.2) is 0 Å². The van der Waals surface area contributed by atoms with Crippen LogP contribution >= 0.6 is 11.6 Å². The summed E-state index contributed by atoms with van der Waals surface area (Å²) in [6.45, 7) is 5.79. The normalized spacial score (nSPS) is 18.5. The zero-order valence-corrected chi connectivity index (χ0v) is 18.0. The van der Waals surface area contributed by atoms with Gasteiger partial charge >= 0.3 is 0 Å². The van der Waals surface area contributed by atoms with E-state index in [9.17, 15) is 4.79 Å². The van der Waals surface area contributed by atoms with Crippen molar-refractivity contribution in [2.24, 2.45) is 0 Å². The molecule has 0 radical (unpaired) electrons. The molecule has 0 saturated carbocycles. The van der Waals surface area contributed by atoms with Crippen LogP contribution in [-0.2, 0) is 6.42 Å². The van der Waals surface area contributed by atoms with E-state index in [1.165, 1.54) is 16.8 Å². The van der Waals surface area contributed by atoms with Crippen molar-refractivity contribution in [3.8, 4) is 0 Å². The van der Waals surface area contributed by atoms with E-state index in [4.69, 9.17) is 11.6 Å². The van der Waals surface area contributed by atoms with Crippen LogP contribution in [0.5, 0.6) is 0 Å². The van der Waals surface area contributed by atoms with Gasteiger partial charge in [0.25, 0.3) is 5.91 Å². The molecule has 154 valence electrons. The smallest absolute Gasteiger partial charge is 0.251 e. The van der Waals surface area contributed by atoms with Gasteiger partial charge in [-0.2, -0.15) is 0 Å². The molecule has 0 aromatic heterocycles. The Labute approximate surface area is 178 Å². The predicted octanol–water partition coefficient (Wildman–Crippen LogP) is 3.05. The third-order valence-corrected chi connectivity index (χ3v) is 6.41. The molecule has 1 saturated heterocycles. The molecule has 2 heterocycles. The van der Waals surface area contributed by atoms with E-state index in [0.29, 0.717) is 17.1 Å². The molecule has 0 bridgehead atoms. The number of nitrogens with zero attached hydrogens (tertiary/aromatic N) is 3. The lowest BCUT2D eigenvalue weighted by Gasteiger charge is -2.38. The molecule has 2 aliphatic heterocycles. The van der Waals surface area contributed by atoms with Crippen LogP contribution in [0, 0.1) is 0 Å². The van der Waals surface area contributed by atoms with E-state index >= 15 is 0 Å². The van der Waals surface area contributed by atoms with Crippen LogP contribution in [0.4, 0.5) is 5.69 Å². The Balaban J connectivity index is 1.52. The van der Waals surface area contributed by atoms with Crippen molar-refractivity contribution in [3.05, 3.63) is 64.2 Å². The first-order chi connectivity index (χ1) is 14.0. The van der Waals surface area contributed by atoms with Gasteiger partial charge in [-0.15, -0.1) is 0 Å². The van der Waals surface area contributed by atoms with E-state index in [0.717, 1.165) is 39.1 Å². The molecule has 29 heavy (non-hydrogen) atoms. The highest BCUT2D eigenvalue weighted by atomic mass is 35.5. The Morgan fingerprint density at radius 1 is 1.03 bits per heavy atom. The summed E-state index contributed by atoms with van der Waals surface area (Å²) >= 11 is 5.95. The highest BCUT2D eigenvalue weighted by Crippen LogP contribution is 2.31. The minimum absolute atomic E-state index is 0.0540. The first kappa shape index (κ1) is 20.2. The van der Waals surface area contributed by atoms with Crippen LogP contribution in [-0.4, -0.2) is 69.1 Å². The molecule has 0 unspecified atom stereocenters. The summed E-state index contributed by atoms with van der Waals surface area (Å²) < 4.78 is 0. The maximum atomic E-state index is 12.7. The van der Waals surface area contributed by atoms with E-state index in [2.05, 4.69) is 52.3 Å². The van der Waals surface area contributed by atoms with E-state index < -0.39 is 0 Å². The molecule has 2 aromatic rings. The zero-order valence-electron chi connectivity index (χ0n) is 17.2. The fraction of sp³-hybridized carbons (Fsp3) is 0.435. The molecule has 1 atom stereocenters. The van der Waals surface area contributed by atoms with Crippen molar-refractivity contribution in [1.29, 1.82) is 0 Å². The van der Waals surface area contributed by atoms with Gasteiger partial charge in [0, 0.05) is 62.6 Å². The quantitative estimate of drug-likeness (QED) is 0.819. The molecule has 2 aliphatic rings. The van der Waals surface area contributed by atoms with E-state index in [1.807, 2.05) is 0 Å². The monoisotopic (exact) mass is 412 g/mol. The van der Waals surface area contributed by atoms with Crippen molar-refractivity contribution < 1.29 is 4.79 Å². The van der Waals surface area contributed by atoms with Crippen molar-refractivity contribution in [2.75, 3.05) is 58.3 Å². The largest absolute Gasteiger partial charge is 0.374 e. The average molecular weight is 413 g/mol. The molecule has 5 nitrogen and oxygen atoms in total.